The molecule has 0 aromatic heterocycles. The Labute approximate surface area is 112 Å². The second kappa shape index (κ2) is 6.63. The summed E-state index contributed by atoms with van der Waals surface area (Å²) in [5.41, 5.74) is 0.0280. The molecule has 1 N–H and O–H groups in total. The number of carbonyl (C=O) groups is 1. The number of halogens is 1. The third-order valence-electron chi connectivity index (χ3n) is 2.93. The van der Waals surface area contributed by atoms with Crippen molar-refractivity contribution in [3.05, 3.63) is 35.1 Å². The van der Waals surface area contributed by atoms with Crippen LogP contribution in [0, 0.1) is 5.82 Å². The normalized spacial score (nSPS) is 11.6. The molecule has 0 amide bonds. The van der Waals surface area contributed by atoms with E-state index in [0.717, 1.165) is 6.42 Å². The molecule has 0 spiro atoms. The number of carboxylic acids is 1. The number of carboxylic acid groups (broad SMARTS) is 1. The van der Waals surface area contributed by atoms with Gasteiger partial charge in [-0.3, -0.25) is 0 Å². The van der Waals surface area contributed by atoms with Crippen molar-refractivity contribution in [2.75, 3.05) is 13.7 Å². The predicted octanol–water partition coefficient (Wildman–Crippen LogP) is 2.86. The average Bonchev–Trinajstić information content (AvgIpc) is 2.34. The Morgan fingerprint density at radius 1 is 1.42 bits per heavy atom. The van der Waals surface area contributed by atoms with Gasteiger partial charge in [-0.25, -0.2) is 9.18 Å². The van der Waals surface area contributed by atoms with Gasteiger partial charge in [-0.15, -0.1) is 0 Å². The molecule has 0 unspecified atom stereocenters. The summed E-state index contributed by atoms with van der Waals surface area (Å²) in [6, 6.07) is 3.98. The smallest absolute Gasteiger partial charge is 0.338 e. The van der Waals surface area contributed by atoms with Gasteiger partial charge in [0.1, 0.15) is 5.82 Å². The molecule has 0 aliphatic rings. The Kier molecular flexibility index (Phi) is 5.44. The van der Waals surface area contributed by atoms with Crippen LogP contribution in [0.2, 0.25) is 0 Å². The van der Waals surface area contributed by atoms with Crippen molar-refractivity contribution < 1.29 is 23.8 Å². The predicted molar refractivity (Wildman–Crippen MR) is 68.7 cm³/mol. The number of benzene rings is 1. The van der Waals surface area contributed by atoms with Gasteiger partial charge >= 0.3 is 5.97 Å². The van der Waals surface area contributed by atoms with Crippen LogP contribution in [0.15, 0.2) is 18.2 Å². The number of methoxy groups -OCH3 is 1. The highest BCUT2D eigenvalue weighted by atomic mass is 19.1. The van der Waals surface area contributed by atoms with Crippen LogP contribution in [-0.2, 0) is 16.1 Å². The standard InChI is InChI=1S/C14H19FO4/c1-14(2,18-3)6-7-19-9-10-4-5-11(13(16)17)12(15)8-10/h4-5,8H,6-7,9H2,1-3H3,(H,16,17). The lowest BCUT2D eigenvalue weighted by molar-refractivity contribution is -0.0125. The number of hydrogen-bond acceptors (Lipinski definition) is 3. The average molecular weight is 270 g/mol. The number of hydrogen-bond donors (Lipinski definition) is 1. The van der Waals surface area contributed by atoms with Crippen LogP contribution in [-0.4, -0.2) is 30.4 Å². The van der Waals surface area contributed by atoms with E-state index in [4.69, 9.17) is 14.6 Å². The Bertz CT molecular complexity index is 443. The third-order valence-corrected chi connectivity index (χ3v) is 2.93. The molecule has 1 rings (SSSR count). The van der Waals surface area contributed by atoms with E-state index in [1.807, 2.05) is 13.8 Å². The monoisotopic (exact) mass is 270 g/mol. The van der Waals surface area contributed by atoms with E-state index in [1.165, 1.54) is 12.1 Å². The highest BCUT2D eigenvalue weighted by Crippen LogP contribution is 2.14. The minimum Gasteiger partial charge on any atom is -0.478 e. The summed E-state index contributed by atoms with van der Waals surface area (Å²) < 4.78 is 24.1. The van der Waals surface area contributed by atoms with Crippen LogP contribution in [0.3, 0.4) is 0 Å². The van der Waals surface area contributed by atoms with Crippen LogP contribution in [0.1, 0.15) is 36.2 Å². The lowest BCUT2D eigenvalue weighted by atomic mass is 10.1. The fourth-order valence-electron chi connectivity index (χ4n) is 1.43. The maximum Gasteiger partial charge on any atom is 0.338 e. The van der Waals surface area contributed by atoms with Crippen molar-refractivity contribution in [2.24, 2.45) is 0 Å². The maximum atomic E-state index is 13.4. The molecular formula is C14H19FO4. The Morgan fingerprint density at radius 3 is 2.63 bits per heavy atom. The zero-order valence-electron chi connectivity index (χ0n) is 11.4. The summed E-state index contributed by atoms with van der Waals surface area (Å²) in [7, 11) is 1.64. The van der Waals surface area contributed by atoms with Gasteiger partial charge in [-0.05, 0) is 38.0 Å². The summed E-state index contributed by atoms with van der Waals surface area (Å²) in [6.07, 6.45) is 0.721. The molecular weight excluding hydrogens is 251 g/mol. The molecule has 4 nitrogen and oxygen atoms in total. The first-order valence-corrected chi connectivity index (χ1v) is 6.00. The summed E-state index contributed by atoms with van der Waals surface area (Å²) in [6.45, 7) is 4.65. The quantitative estimate of drug-likeness (QED) is 0.774. The van der Waals surface area contributed by atoms with Gasteiger partial charge in [-0.2, -0.15) is 0 Å². The van der Waals surface area contributed by atoms with Gasteiger partial charge in [0.05, 0.1) is 17.8 Å². The van der Waals surface area contributed by atoms with Crippen molar-refractivity contribution in [2.45, 2.75) is 32.5 Å². The van der Waals surface area contributed by atoms with Gasteiger partial charge in [0.15, 0.2) is 0 Å². The molecule has 0 aliphatic heterocycles. The summed E-state index contributed by atoms with van der Waals surface area (Å²) >= 11 is 0. The molecule has 0 radical (unpaired) electrons. The van der Waals surface area contributed by atoms with Crippen molar-refractivity contribution >= 4 is 5.97 Å². The summed E-state index contributed by atoms with van der Waals surface area (Å²) in [4.78, 5) is 10.7. The zero-order valence-corrected chi connectivity index (χ0v) is 11.4. The molecule has 0 saturated heterocycles. The lowest BCUT2D eigenvalue weighted by Crippen LogP contribution is -2.24. The molecule has 5 heteroatoms. The van der Waals surface area contributed by atoms with Gasteiger partial charge < -0.3 is 14.6 Å². The molecule has 1 aromatic rings. The van der Waals surface area contributed by atoms with Crippen molar-refractivity contribution in [1.29, 1.82) is 0 Å². The molecule has 19 heavy (non-hydrogen) atoms. The van der Waals surface area contributed by atoms with E-state index in [1.54, 1.807) is 13.2 Å². The van der Waals surface area contributed by atoms with E-state index in [0.29, 0.717) is 12.2 Å². The van der Waals surface area contributed by atoms with Crippen LogP contribution < -0.4 is 0 Å². The second-order valence-electron chi connectivity index (χ2n) is 4.89. The van der Waals surface area contributed by atoms with Crippen LogP contribution in [0.25, 0.3) is 0 Å². The largest absolute Gasteiger partial charge is 0.478 e. The fraction of sp³-hybridized carbons (Fsp3) is 0.500. The molecule has 106 valence electrons. The molecule has 0 bridgehead atoms. The van der Waals surface area contributed by atoms with Crippen LogP contribution >= 0.6 is 0 Å². The minimum absolute atomic E-state index is 0.247. The highest BCUT2D eigenvalue weighted by Gasteiger charge is 2.15. The Morgan fingerprint density at radius 2 is 2.11 bits per heavy atom. The zero-order chi connectivity index (χ0) is 14.5. The highest BCUT2D eigenvalue weighted by molar-refractivity contribution is 5.87. The van der Waals surface area contributed by atoms with E-state index >= 15 is 0 Å². The number of aromatic carboxylic acids is 1. The van der Waals surface area contributed by atoms with Crippen molar-refractivity contribution in [3.8, 4) is 0 Å². The molecule has 1 aromatic carbocycles. The van der Waals surface area contributed by atoms with Crippen molar-refractivity contribution in [1.82, 2.24) is 0 Å². The van der Waals surface area contributed by atoms with E-state index < -0.39 is 11.8 Å². The summed E-state index contributed by atoms with van der Waals surface area (Å²) in [5, 5.41) is 8.70. The molecule has 0 atom stereocenters. The van der Waals surface area contributed by atoms with Crippen molar-refractivity contribution in [3.63, 3.8) is 0 Å². The third kappa shape index (κ3) is 4.96. The van der Waals surface area contributed by atoms with E-state index in [2.05, 4.69) is 0 Å². The first-order valence-electron chi connectivity index (χ1n) is 6.00. The topological polar surface area (TPSA) is 55.8 Å². The molecule has 0 saturated carbocycles. The Hall–Kier alpha value is -1.46. The second-order valence-corrected chi connectivity index (χ2v) is 4.89. The first-order chi connectivity index (χ1) is 8.85. The minimum atomic E-state index is -1.27. The lowest BCUT2D eigenvalue weighted by Gasteiger charge is -2.22. The van der Waals surface area contributed by atoms with Gasteiger partial charge in [0, 0.05) is 13.7 Å². The SMILES string of the molecule is COC(C)(C)CCOCc1ccc(C(=O)O)c(F)c1. The van der Waals surface area contributed by atoms with Crippen LogP contribution in [0.5, 0.6) is 0 Å². The van der Waals surface area contributed by atoms with Gasteiger partial charge in [-0.1, -0.05) is 6.07 Å². The molecule has 0 fully saturated rings. The number of ether oxygens (including phenoxy) is 2. The van der Waals surface area contributed by atoms with E-state index in [-0.39, 0.29) is 17.8 Å². The van der Waals surface area contributed by atoms with E-state index in [9.17, 15) is 9.18 Å². The fourth-order valence-corrected chi connectivity index (χ4v) is 1.43. The summed E-state index contributed by atoms with van der Waals surface area (Å²) in [5.74, 6) is -2.02. The van der Waals surface area contributed by atoms with Crippen LogP contribution in [0.4, 0.5) is 4.39 Å². The molecule has 0 aliphatic carbocycles. The molecule has 0 heterocycles. The van der Waals surface area contributed by atoms with Gasteiger partial charge in [0.25, 0.3) is 0 Å². The van der Waals surface area contributed by atoms with Gasteiger partial charge in [0.2, 0.25) is 0 Å². The Balaban J connectivity index is 2.47. The number of rotatable bonds is 7. The maximum absolute atomic E-state index is 13.4. The first kappa shape index (κ1) is 15.6.